The molecule has 25 heavy (non-hydrogen) atoms. The summed E-state index contributed by atoms with van der Waals surface area (Å²) in [7, 11) is 0. The van der Waals surface area contributed by atoms with Crippen LogP contribution >= 0.6 is 0 Å². The molecule has 2 N–H and O–H groups in total. The summed E-state index contributed by atoms with van der Waals surface area (Å²) in [4.78, 5) is 33.9. The molecule has 0 saturated heterocycles. The summed E-state index contributed by atoms with van der Waals surface area (Å²) in [5.74, 6) is -1.90. The highest BCUT2D eigenvalue weighted by Crippen LogP contribution is 2.17. The lowest BCUT2D eigenvalue weighted by atomic mass is 10.1. The van der Waals surface area contributed by atoms with Gasteiger partial charge < -0.3 is 10.6 Å². The third kappa shape index (κ3) is 4.96. The van der Waals surface area contributed by atoms with Gasteiger partial charge >= 0.3 is 0 Å². The summed E-state index contributed by atoms with van der Waals surface area (Å²) in [5, 5.41) is 15.5. The van der Waals surface area contributed by atoms with Crippen molar-refractivity contribution in [1.82, 2.24) is 5.32 Å². The Labute approximate surface area is 142 Å². The molecule has 2 aromatic carbocycles. The van der Waals surface area contributed by atoms with Crippen LogP contribution in [-0.4, -0.2) is 16.7 Å². The molecule has 0 atom stereocenters. The van der Waals surface area contributed by atoms with Crippen LogP contribution in [-0.2, 0) is 9.59 Å². The minimum absolute atomic E-state index is 0.0530. The number of nitro benzene ring substituents is 1. The highest BCUT2D eigenvalue weighted by molar-refractivity contribution is 6.08. The first-order chi connectivity index (χ1) is 11.9. The maximum atomic E-state index is 13.6. The van der Waals surface area contributed by atoms with Gasteiger partial charge in [-0.3, -0.25) is 19.7 Å². The number of carbonyl (C=O) groups excluding carboxylic acids is 2. The van der Waals surface area contributed by atoms with E-state index >= 15 is 0 Å². The fourth-order valence-corrected chi connectivity index (χ4v) is 2.00. The lowest BCUT2D eigenvalue weighted by Gasteiger charge is -2.10. The van der Waals surface area contributed by atoms with E-state index in [1.54, 1.807) is 6.07 Å². The Hall–Kier alpha value is -3.55. The van der Waals surface area contributed by atoms with Crippen molar-refractivity contribution in [1.29, 1.82) is 0 Å². The van der Waals surface area contributed by atoms with E-state index in [4.69, 9.17) is 0 Å². The Morgan fingerprint density at radius 3 is 2.52 bits per heavy atom. The summed E-state index contributed by atoms with van der Waals surface area (Å²) in [6, 6.07) is 11.1. The standard InChI is InChI=1S/C17H14FN3O4/c1-11(22)19-16(10-12-5-4-6-13(9-12)21(24)25)17(23)20-15-8-3-2-7-14(15)18/h2-10H,1H3,(H,19,22)(H,20,23). The largest absolute Gasteiger partial charge is 0.322 e. The van der Waals surface area contributed by atoms with Gasteiger partial charge in [0.05, 0.1) is 10.6 Å². The van der Waals surface area contributed by atoms with Crippen LogP contribution in [0.3, 0.4) is 0 Å². The number of non-ortho nitro benzene ring substituents is 1. The van der Waals surface area contributed by atoms with E-state index in [1.807, 2.05) is 0 Å². The highest BCUT2D eigenvalue weighted by Gasteiger charge is 2.14. The topological polar surface area (TPSA) is 101 Å². The first-order valence-corrected chi connectivity index (χ1v) is 7.16. The van der Waals surface area contributed by atoms with Crippen molar-refractivity contribution >= 4 is 29.3 Å². The third-order valence-corrected chi connectivity index (χ3v) is 3.07. The molecule has 0 bridgehead atoms. The van der Waals surface area contributed by atoms with Crippen LogP contribution < -0.4 is 10.6 Å². The van der Waals surface area contributed by atoms with Crippen LogP contribution in [0.15, 0.2) is 54.2 Å². The average Bonchev–Trinajstić information content (AvgIpc) is 2.56. The minimum atomic E-state index is -0.758. The van der Waals surface area contributed by atoms with Crippen LogP contribution in [0.2, 0.25) is 0 Å². The zero-order chi connectivity index (χ0) is 18.4. The maximum Gasteiger partial charge on any atom is 0.272 e. The number of nitrogens with one attached hydrogen (secondary N) is 2. The second-order valence-corrected chi connectivity index (χ2v) is 5.03. The van der Waals surface area contributed by atoms with Crippen molar-refractivity contribution in [3.8, 4) is 0 Å². The number of benzene rings is 2. The van der Waals surface area contributed by atoms with Gasteiger partial charge in [0.25, 0.3) is 11.6 Å². The highest BCUT2D eigenvalue weighted by atomic mass is 19.1. The molecular formula is C17H14FN3O4. The van der Waals surface area contributed by atoms with Gasteiger partial charge in [0, 0.05) is 19.1 Å². The van der Waals surface area contributed by atoms with Gasteiger partial charge in [-0.05, 0) is 23.8 Å². The molecule has 0 fully saturated rings. The molecule has 0 unspecified atom stereocenters. The average molecular weight is 343 g/mol. The number of hydrogen-bond acceptors (Lipinski definition) is 4. The fourth-order valence-electron chi connectivity index (χ4n) is 2.00. The zero-order valence-corrected chi connectivity index (χ0v) is 13.2. The van der Waals surface area contributed by atoms with E-state index in [2.05, 4.69) is 10.6 Å². The van der Waals surface area contributed by atoms with Gasteiger partial charge in [0.2, 0.25) is 5.91 Å². The molecule has 0 aliphatic carbocycles. The van der Waals surface area contributed by atoms with E-state index in [1.165, 1.54) is 55.5 Å². The first kappa shape index (κ1) is 17.8. The number of para-hydroxylation sites is 1. The van der Waals surface area contributed by atoms with Crippen molar-refractivity contribution in [2.75, 3.05) is 5.32 Å². The van der Waals surface area contributed by atoms with Gasteiger partial charge in [-0.25, -0.2) is 4.39 Å². The lowest BCUT2D eigenvalue weighted by Crippen LogP contribution is -2.29. The summed E-state index contributed by atoms with van der Waals surface area (Å²) >= 11 is 0. The Bertz CT molecular complexity index is 864. The molecule has 2 amide bonds. The normalized spacial score (nSPS) is 10.9. The molecule has 0 aromatic heterocycles. The molecule has 2 aromatic rings. The molecular weight excluding hydrogens is 329 g/mol. The number of anilines is 1. The van der Waals surface area contributed by atoms with Gasteiger partial charge in [-0.2, -0.15) is 0 Å². The van der Waals surface area contributed by atoms with Gasteiger partial charge in [0.15, 0.2) is 0 Å². The Kier molecular flexibility index (Phi) is 5.57. The first-order valence-electron chi connectivity index (χ1n) is 7.16. The van der Waals surface area contributed by atoms with Crippen molar-refractivity contribution in [2.24, 2.45) is 0 Å². The summed E-state index contributed by atoms with van der Waals surface area (Å²) < 4.78 is 13.6. The van der Waals surface area contributed by atoms with Crippen LogP contribution in [0, 0.1) is 15.9 Å². The molecule has 8 heteroatoms. The van der Waals surface area contributed by atoms with Gasteiger partial charge in [-0.15, -0.1) is 0 Å². The number of amides is 2. The molecule has 0 spiro atoms. The molecule has 128 valence electrons. The second kappa shape index (κ2) is 7.82. The zero-order valence-electron chi connectivity index (χ0n) is 13.2. The third-order valence-electron chi connectivity index (χ3n) is 3.07. The van der Waals surface area contributed by atoms with Crippen molar-refractivity contribution in [2.45, 2.75) is 6.92 Å². The number of hydrogen-bond donors (Lipinski definition) is 2. The molecule has 0 heterocycles. The maximum absolute atomic E-state index is 13.6. The second-order valence-electron chi connectivity index (χ2n) is 5.03. The molecule has 0 aliphatic heterocycles. The van der Waals surface area contributed by atoms with E-state index in [-0.39, 0.29) is 17.1 Å². The predicted octanol–water partition coefficient (Wildman–Crippen LogP) is 2.85. The number of halogens is 1. The lowest BCUT2D eigenvalue weighted by molar-refractivity contribution is -0.384. The van der Waals surface area contributed by atoms with E-state index in [9.17, 15) is 24.1 Å². The summed E-state index contributed by atoms with van der Waals surface area (Å²) in [5.41, 5.74) is -0.0499. The summed E-state index contributed by atoms with van der Waals surface area (Å²) in [6.45, 7) is 1.21. The van der Waals surface area contributed by atoms with Gasteiger partial charge in [0.1, 0.15) is 11.5 Å². The molecule has 2 rings (SSSR count). The molecule has 0 aliphatic rings. The monoisotopic (exact) mass is 343 g/mol. The Balaban J connectivity index is 2.33. The van der Waals surface area contributed by atoms with Crippen LogP contribution in [0.1, 0.15) is 12.5 Å². The molecule has 7 nitrogen and oxygen atoms in total. The molecule has 0 saturated carbocycles. The van der Waals surface area contributed by atoms with E-state index in [0.29, 0.717) is 5.56 Å². The van der Waals surface area contributed by atoms with Crippen LogP contribution in [0.25, 0.3) is 6.08 Å². The Morgan fingerprint density at radius 2 is 1.88 bits per heavy atom. The summed E-state index contributed by atoms with van der Waals surface area (Å²) in [6.07, 6.45) is 1.27. The Morgan fingerprint density at radius 1 is 1.16 bits per heavy atom. The van der Waals surface area contributed by atoms with E-state index in [0.717, 1.165) is 0 Å². The number of nitrogens with zero attached hydrogens (tertiary/aromatic N) is 1. The SMILES string of the molecule is CC(=O)NC(=Cc1cccc([N+](=O)[O-])c1)C(=O)Nc1ccccc1F. The fraction of sp³-hybridized carbons (Fsp3) is 0.0588. The smallest absolute Gasteiger partial charge is 0.272 e. The van der Waals surface area contributed by atoms with Crippen molar-refractivity contribution < 1.29 is 18.9 Å². The van der Waals surface area contributed by atoms with E-state index < -0.39 is 22.6 Å². The number of rotatable bonds is 5. The van der Waals surface area contributed by atoms with Gasteiger partial charge in [-0.1, -0.05) is 24.3 Å². The molecule has 0 radical (unpaired) electrons. The number of carbonyl (C=O) groups is 2. The van der Waals surface area contributed by atoms with Crippen molar-refractivity contribution in [3.63, 3.8) is 0 Å². The predicted molar refractivity (Wildman–Crippen MR) is 89.9 cm³/mol. The van der Waals surface area contributed by atoms with Crippen LogP contribution in [0.5, 0.6) is 0 Å². The minimum Gasteiger partial charge on any atom is -0.322 e. The quantitative estimate of drug-likeness (QED) is 0.495. The van der Waals surface area contributed by atoms with Crippen molar-refractivity contribution in [3.05, 3.63) is 75.7 Å². The van der Waals surface area contributed by atoms with Crippen LogP contribution in [0.4, 0.5) is 15.8 Å². The number of nitro groups is 1.